The van der Waals surface area contributed by atoms with E-state index in [1.807, 2.05) is 0 Å². The first-order chi connectivity index (χ1) is 14.2. The second kappa shape index (κ2) is 12.3. The predicted octanol–water partition coefficient (Wildman–Crippen LogP) is 7.43. The van der Waals surface area contributed by atoms with Crippen molar-refractivity contribution in [1.29, 1.82) is 0 Å². The molecule has 0 spiro atoms. The molecule has 2 heterocycles. The van der Waals surface area contributed by atoms with E-state index < -0.39 is 14.6 Å². The molecule has 4 nitrogen and oxygen atoms in total. The molecule has 0 unspecified atom stereocenters. The molecule has 32 heavy (non-hydrogen) atoms. The molecule has 0 atom stereocenters. The van der Waals surface area contributed by atoms with E-state index in [2.05, 4.69) is 122 Å². The number of imidazole rings is 2. The van der Waals surface area contributed by atoms with Crippen LogP contribution in [0.25, 0.3) is 0 Å². The van der Waals surface area contributed by atoms with Crippen molar-refractivity contribution in [3.63, 3.8) is 0 Å². The summed E-state index contributed by atoms with van der Waals surface area (Å²) in [6.45, 7) is 18.3. The number of rotatable bonds is 5. The SMILES string of the molecule is CC(C)c1c[nH][c](=[Ru](=[CH]c2ccccc2)=[c]2[nH]cc(C(C)C)n2C(C)C)n1C(C)C.Cl.Cl. The maximum absolute atomic E-state index is 3.72. The predicted molar refractivity (Wildman–Crippen MR) is 139 cm³/mol. The van der Waals surface area contributed by atoms with Gasteiger partial charge in [0.1, 0.15) is 0 Å². The minimum absolute atomic E-state index is 0. The van der Waals surface area contributed by atoms with E-state index in [1.54, 1.807) is 0 Å². The summed E-state index contributed by atoms with van der Waals surface area (Å²) < 4.78 is 10.4. The van der Waals surface area contributed by atoms with Gasteiger partial charge in [-0.15, -0.1) is 24.8 Å². The molecule has 2 N–H and O–H groups in total. The molecule has 0 amide bonds. The fourth-order valence-electron chi connectivity index (χ4n) is 3.80. The Hall–Kier alpha value is -1.29. The molecule has 0 aliphatic carbocycles. The van der Waals surface area contributed by atoms with Gasteiger partial charge in [-0.25, -0.2) is 0 Å². The van der Waals surface area contributed by atoms with Crippen LogP contribution in [0.15, 0.2) is 42.7 Å². The Bertz CT molecular complexity index is 1150. The number of aromatic nitrogens is 4. The van der Waals surface area contributed by atoms with Crippen LogP contribution in [0.2, 0.25) is 0 Å². The molecule has 0 aliphatic rings. The Morgan fingerprint density at radius 2 is 1.09 bits per heavy atom. The van der Waals surface area contributed by atoms with E-state index >= 15 is 0 Å². The maximum Gasteiger partial charge on any atom is -0.147 e. The molecule has 2 aromatic heterocycles. The zero-order valence-electron chi connectivity index (χ0n) is 20.5. The van der Waals surface area contributed by atoms with Gasteiger partial charge < -0.3 is 0 Å². The summed E-state index contributed by atoms with van der Waals surface area (Å²) in [5.41, 5.74) is 4.06. The second-order valence-electron chi connectivity index (χ2n) is 9.03. The van der Waals surface area contributed by atoms with E-state index in [-0.39, 0.29) is 24.8 Å². The van der Waals surface area contributed by atoms with Crippen molar-refractivity contribution < 1.29 is 14.6 Å². The van der Waals surface area contributed by atoms with Gasteiger partial charge in [0.25, 0.3) is 0 Å². The average molecular weight is 569 g/mol. The van der Waals surface area contributed by atoms with Crippen molar-refractivity contribution >= 4 is 29.4 Å². The number of benzene rings is 1. The van der Waals surface area contributed by atoms with E-state index in [0.29, 0.717) is 23.9 Å². The molecule has 0 saturated carbocycles. The van der Waals surface area contributed by atoms with Crippen molar-refractivity contribution in [2.24, 2.45) is 0 Å². The van der Waals surface area contributed by atoms with Crippen LogP contribution in [0.1, 0.15) is 96.3 Å². The van der Waals surface area contributed by atoms with Crippen LogP contribution < -0.4 is 0 Å². The first-order valence-electron chi connectivity index (χ1n) is 11.0. The zero-order chi connectivity index (χ0) is 22.0. The minimum Gasteiger partial charge on any atom is -0.147 e. The molecular weight excluding hydrogens is 528 g/mol. The molecular formula is C25H40Cl2N4Ru. The van der Waals surface area contributed by atoms with Crippen LogP contribution in [0, 0.1) is 8.03 Å². The third-order valence-electron chi connectivity index (χ3n) is 5.23. The summed E-state index contributed by atoms with van der Waals surface area (Å²) in [6.07, 6.45) is 4.46. The molecule has 7 heteroatoms. The van der Waals surface area contributed by atoms with Gasteiger partial charge in [0, 0.05) is 0 Å². The van der Waals surface area contributed by atoms with Gasteiger partial charge in [0.15, 0.2) is 0 Å². The summed E-state index contributed by atoms with van der Waals surface area (Å²) in [6, 6.07) is 11.6. The first-order valence-corrected chi connectivity index (χ1v) is 13.8. The molecule has 0 bridgehead atoms. The van der Waals surface area contributed by atoms with Crippen molar-refractivity contribution in [3.05, 3.63) is 67.7 Å². The fraction of sp³-hybridized carbons (Fsp3) is 0.480. The Kier molecular flexibility index (Phi) is 11.0. The molecule has 0 aliphatic heterocycles. The normalized spacial score (nSPS) is 11.4. The number of nitrogens with one attached hydrogen (secondary N) is 2. The van der Waals surface area contributed by atoms with Crippen molar-refractivity contribution in [2.75, 3.05) is 0 Å². The number of halogens is 2. The van der Waals surface area contributed by atoms with E-state index in [4.69, 9.17) is 0 Å². The van der Waals surface area contributed by atoms with E-state index in [1.165, 1.54) is 25.0 Å². The quantitative estimate of drug-likeness (QED) is 0.301. The van der Waals surface area contributed by atoms with Crippen LogP contribution in [-0.4, -0.2) is 23.7 Å². The van der Waals surface area contributed by atoms with Gasteiger partial charge in [0.05, 0.1) is 0 Å². The second-order valence-corrected chi connectivity index (χ2v) is 12.6. The smallest absolute Gasteiger partial charge is 0.147 e. The zero-order valence-corrected chi connectivity index (χ0v) is 23.9. The molecule has 1 aromatic carbocycles. The summed E-state index contributed by atoms with van der Waals surface area (Å²) >= 11 is -1.78. The number of nitrogens with zero attached hydrogens (tertiary/aromatic N) is 2. The summed E-state index contributed by atoms with van der Waals surface area (Å²) in [5, 5.41) is 0. The molecule has 182 valence electrons. The largest absolute Gasteiger partial charge is 0.147 e. The molecule has 0 radical (unpaired) electrons. The summed E-state index contributed by atoms with van der Waals surface area (Å²) in [5.74, 6) is 0.966. The fourth-order valence-corrected chi connectivity index (χ4v) is 8.62. The van der Waals surface area contributed by atoms with Crippen LogP contribution >= 0.6 is 24.8 Å². The summed E-state index contributed by atoms with van der Waals surface area (Å²) in [7, 11) is 0. The van der Waals surface area contributed by atoms with Crippen molar-refractivity contribution in [1.82, 2.24) is 19.1 Å². The molecule has 0 saturated heterocycles. The standard InChI is InChI=1S/2C9H16N2.C7H6.2ClH.Ru/c2*1-7(2)9-5-10-6-11(9)8(3)4;1-7-5-3-2-4-6-7;;;/h2*5,7-8,10H,1-4H3;1-6H;2*1H;. The third-order valence-corrected chi connectivity index (χ3v) is 9.43. The Balaban J connectivity index is 0.00000256. The van der Waals surface area contributed by atoms with Crippen LogP contribution in [0.5, 0.6) is 0 Å². The molecule has 3 aromatic rings. The number of hydrogen-bond donors (Lipinski definition) is 2. The van der Waals surface area contributed by atoms with Crippen molar-refractivity contribution in [3.8, 4) is 0 Å². The monoisotopic (exact) mass is 568 g/mol. The number of aromatic amines is 2. The first kappa shape index (κ1) is 28.7. The van der Waals surface area contributed by atoms with Crippen molar-refractivity contribution in [2.45, 2.75) is 79.3 Å². The number of H-pyrrole nitrogens is 2. The maximum atomic E-state index is 3.72. The van der Waals surface area contributed by atoms with E-state index in [0.717, 1.165) is 0 Å². The van der Waals surface area contributed by atoms with Gasteiger partial charge in [-0.3, -0.25) is 0 Å². The van der Waals surface area contributed by atoms with Gasteiger partial charge in [-0.2, -0.15) is 0 Å². The van der Waals surface area contributed by atoms with Gasteiger partial charge in [-0.1, -0.05) is 0 Å². The van der Waals surface area contributed by atoms with Crippen LogP contribution in [0.4, 0.5) is 0 Å². The van der Waals surface area contributed by atoms with Gasteiger partial charge in [-0.05, 0) is 0 Å². The average Bonchev–Trinajstić information content (AvgIpc) is 3.32. The Morgan fingerprint density at radius 1 is 0.688 bits per heavy atom. The Morgan fingerprint density at radius 3 is 1.44 bits per heavy atom. The molecule has 3 rings (SSSR count). The topological polar surface area (TPSA) is 41.4 Å². The van der Waals surface area contributed by atoms with Gasteiger partial charge >= 0.3 is 185 Å². The van der Waals surface area contributed by atoms with Gasteiger partial charge in [0.2, 0.25) is 0 Å². The van der Waals surface area contributed by atoms with E-state index in [9.17, 15) is 0 Å². The van der Waals surface area contributed by atoms with Crippen LogP contribution in [0.3, 0.4) is 0 Å². The molecule has 0 fully saturated rings. The number of hydrogen-bond acceptors (Lipinski definition) is 0. The minimum atomic E-state index is -1.78. The van der Waals surface area contributed by atoms with Crippen LogP contribution in [-0.2, 0) is 14.6 Å². The summed E-state index contributed by atoms with van der Waals surface area (Å²) in [4.78, 5) is 7.45. The third kappa shape index (κ3) is 5.98. The Labute approximate surface area is 209 Å².